The molecule has 0 bridgehead atoms. The summed E-state index contributed by atoms with van der Waals surface area (Å²) in [7, 11) is 0. The predicted octanol–water partition coefficient (Wildman–Crippen LogP) is 2.71. The highest BCUT2D eigenvalue weighted by atomic mass is 16.6. The van der Waals surface area contributed by atoms with E-state index in [1.54, 1.807) is 0 Å². The Hall–Kier alpha value is -0.790. The highest BCUT2D eigenvalue weighted by molar-refractivity contribution is 5.91. The molecule has 1 aliphatic heterocycles. The Labute approximate surface area is 67.9 Å². The van der Waals surface area contributed by atoms with Crippen LogP contribution in [-0.2, 0) is 4.84 Å². The summed E-state index contributed by atoms with van der Waals surface area (Å²) in [4.78, 5) is 5.06. The van der Waals surface area contributed by atoms with Crippen molar-refractivity contribution >= 4 is 5.71 Å². The molecule has 62 valence electrons. The maximum Gasteiger partial charge on any atom is 0.139 e. The van der Waals surface area contributed by atoms with Gasteiger partial charge in [-0.2, -0.15) is 0 Å². The molecule has 0 N–H and O–H groups in total. The van der Waals surface area contributed by atoms with Crippen molar-refractivity contribution in [3.8, 4) is 0 Å². The Balaban J connectivity index is 2.96. The van der Waals surface area contributed by atoms with Crippen LogP contribution >= 0.6 is 0 Å². The van der Waals surface area contributed by atoms with Gasteiger partial charge < -0.3 is 4.84 Å². The quantitative estimate of drug-likeness (QED) is 0.597. The van der Waals surface area contributed by atoms with Crippen LogP contribution in [-0.4, -0.2) is 5.71 Å². The normalized spacial score (nSPS) is 21.4. The van der Waals surface area contributed by atoms with Crippen molar-refractivity contribution in [3.63, 3.8) is 0 Å². The minimum Gasteiger partial charge on any atom is -0.361 e. The van der Waals surface area contributed by atoms with Crippen LogP contribution < -0.4 is 0 Å². The molecule has 0 aromatic rings. The molecule has 0 fully saturated rings. The molecule has 0 atom stereocenters. The fourth-order valence-corrected chi connectivity index (χ4v) is 1.66. The second kappa shape index (κ2) is 2.68. The van der Waals surface area contributed by atoms with Crippen molar-refractivity contribution in [3.05, 3.63) is 12.3 Å². The van der Waals surface area contributed by atoms with Crippen molar-refractivity contribution in [2.24, 2.45) is 10.6 Å². The molecule has 0 saturated carbocycles. The second-order valence-electron chi connectivity index (χ2n) is 2.98. The minimum absolute atomic E-state index is 0.0278. The first-order chi connectivity index (χ1) is 5.17. The average molecular weight is 153 g/mol. The van der Waals surface area contributed by atoms with E-state index in [2.05, 4.69) is 25.6 Å². The maximum absolute atomic E-state index is 5.06. The van der Waals surface area contributed by atoms with E-state index in [0.717, 1.165) is 24.3 Å². The highest BCUT2D eigenvalue weighted by Gasteiger charge is 2.39. The molecule has 0 unspecified atom stereocenters. The topological polar surface area (TPSA) is 21.6 Å². The number of oxime groups is 1. The molecule has 1 heterocycles. The lowest BCUT2D eigenvalue weighted by molar-refractivity contribution is 0.201. The van der Waals surface area contributed by atoms with Crippen LogP contribution in [0.1, 0.15) is 33.6 Å². The Bertz CT molecular complexity index is 202. The van der Waals surface area contributed by atoms with Crippen molar-refractivity contribution in [1.29, 1.82) is 0 Å². The van der Waals surface area contributed by atoms with Crippen molar-refractivity contribution < 1.29 is 4.84 Å². The fourth-order valence-electron chi connectivity index (χ4n) is 1.66. The standard InChI is InChI=1S/C9H15NO/c1-5-9(6-2)7(3)10-11-8(9)4/h4-6H2,1-3H3. The van der Waals surface area contributed by atoms with Crippen LogP contribution in [0.2, 0.25) is 0 Å². The van der Waals surface area contributed by atoms with E-state index in [1.165, 1.54) is 0 Å². The van der Waals surface area contributed by atoms with E-state index in [1.807, 2.05) is 6.92 Å². The zero-order chi connectivity index (χ0) is 8.48. The van der Waals surface area contributed by atoms with Crippen LogP contribution in [0.15, 0.2) is 17.5 Å². The monoisotopic (exact) mass is 153 g/mol. The Morgan fingerprint density at radius 2 is 2.00 bits per heavy atom. The largest absolute Gasteiger partial charge is 0.361 e. The van der Waals surface area contributed by atoms with Gasteiger partial charge in [-0.25, -0.2) is 0 Å². The summed E-state index contributed by atoms with van der Waals surface area (Å²) < 4.78 is 0. The van der Waals surface area contributed by atoms with Gasteiger partial charge >= 0.3 is 0 Å². The molecule has 1 rings (SSSR count). The molecule has 2 nitrogen and oxygen atoms in total. The van der Waals surface area contributed by atoms with Crippen LogP contribution in [0.4, 0.5) is 0 Å². The third kappa shape index (κ3) is 0.971. The fraction of sp³-hybridized carbons (Fsp3) is 0.667. The molecule has 0 spiro atoms. The molecule has 0 aromatic heterocycles. The SMILES string of the molecule is C=C1ON=C(C)C1(CC)CC. The smallest absolute Gasteiger partial charge is 0.139 e. The number of allylic oxidation sites excluding steroid dienone is 1. The summed E-state index contributed by atoms with van der Waals surface area (Å²) in [6.45, 7) is 10.2. The van der Waals surface area contributed by atoms with Crippen LogP contribution in [0.25, 0.3) is 0 Å². The van der Waals surface area contributed by atoms with Gasteiger partial charge in [0.05, 0.1) is 11.1 Å². The second-order valence-corrected chi connectivity index (χ2v) is 2.98. The van der Waals surface area contributed by atoms with Gasteiger partial charge in [-0.15, -0.1) is 0 Å². The van der Waals surface area contributed by atoms with Crippen molar-refractivity contribution in [1.82, 2.24) is 0 Å². The van der Waals surface area contributed by atoms with Gasteiger partial charge in [-0.1, -0.05) is 25.6 Å². The third-order valence-corrected chi connectivity index (χ3v) is 2.73. The van der Waals surface area contributed by atoms with Gasteiger partial charge in [-0.05, 0) is 19.8 Å². The molecule has 0 aliphatic carbocycles. The number of hydrogen-bond acceptors (Lipinski definition) is 2. The third-order valence-electron chi connectivity index (χ3n) is 2.73. The molecule has 0 aromatic carbocycles. The summed E-state index contributed by atoms with van der Waals surface area (Å²) >= 11 is 0. The lowest BCUT2D eigenvalue weighted by Crippen LogP contribution is -2.25. The van der Waals surface area contributed by atoms with Crippen molar-refractivity contribution in [2.45, 2.75) is 33.6 Å². The van der Waals surface area contributed by atoms with Crippen LogP contribution in [0, 0.1) is 5.41 Å². The van der Waals surface area contributed by atoms with Crippen LogP contribution in [0.5, 0.6) is 0 Å². The molecular weight excluding hydrogens is 138 g/mol. The van der Waals surface area contributed by atoms with E-state index >= 15 is 0 Å². The Morgan fingerprint density at radius 3 is 2.18 bits per heavy atom. The van der Waals surface area contributed by atoms with Gasteiger partial charge in [0.2, 0.25) is 0 Å². The highest BCUT2D eigenvalue weighted by Crippen LogP contribution is 2.40. The van der Waals surface area contributed by atoms with Gasteiger partial charge in [0.15, 0.2) is 0 Å². The molecule has 0 saturated heterocycles. The van der Waals surface area contributed by atoms with E-state index in [9.17, 15) is 0 Å². The molecule has 0 radical (unpaired) electrons. The first kappa shape index (κ1) is 8.31. The van der Waals surface area contributed by atoms with E-state index < -0.39 is 0 Å². The Kier molecular flexibility index (Phi) is 2.03. The summed E-state index contributed by atoms with van der Waals surface area (Å²) in [6, 6.07) is 0. The molecular formula is C9H15NO. The van der Waals surface area contributed by atoms with Crippen molar-refractivity contribution in [2.75, 3.05) is 0 Å². The summed E-state index contributed by atoms with van der Waals surface area (Å²) in [5.41, 5.74) is 1.09. The summed E-state index contributed by atoms with van der Waals surface area (Å²) in [5, 5.41) is 3.93. The number of rotatable bonds is 2. The summed E-state index contributed by atoms with van der Waals surface area (Å²) in [5.74, 6) is 0.806. The molecule has 2 heteroatoms. The van der Waals surface area contributed by atoms with E-state index in [4.69, 9.17) is 4.84 Å². The lowest BCUT2D eigenvalue weighted by Gasteiger charge is -2.24. The van der Waals surface area contributed by atoms with Gasteiger partial charge in [-0.3, -0.25) is 0 Å². The van der Waals surface area contributed by atoms with Crippen LogP contribution in [0.3, 0.4) is 0 Å². The zero-order valence-electron chi connectivity index (χ0n) is 7.48. The summed E-state index contributed by atoms with van der Waals surface area (Å²) in [6.07, 6.45) is 2.05. The average Bonchev–Trinajstić information content (AvgIpc) is 2.29. The minimum atomic E-state index is 0.0278. The molecule has 1 aliphatic rings. The zero-order valence-corrected chi connectivity index (χ0v) is 7.48. The lowest BCUT2D eigenvalue weighted by atomic mass is 9.77. The van der Waals surface area contributed by atoms with E-state index in [-0.39, 0.29) is 5.41 Å². The Morgan fingerprint density at radius 1 is 1.45 bits per heavy atom. The number of nitrogens with zero attached hydrogens (tertiary/aromatic N) is 1. The van der Waals surface area contributed by atoms with E-state index in [0.29, 0.717) is 0 Å². The molecule has 11 heavy (non-hydrogen) atoms. The van der Waals surface area contributed by atoms with Gasteiger partial charge in [0.25, 0.3) is 0 Å². The van der Waals surface area contributed by atoms with Gasteiger partial charge in [0, 0.05) is 0 Å². The maximum atomic E-state index is 5.06. The number of hydrogen-bond donors (Lipinski definition) is 0. The first-order valence-electron chi connectivity index (χ1n) is 4.09. The van der Waals surface area contributed by atoms with Gasteiger partial charge in [0.1, 0.15) is 5.76 Å². The predicted molar refractivity (Wildman–Crippen MR) is 46.3 cm³/mol. The first-order valence-corrected chi connectivity index (χ1v) is 4.09. The molecule has 0 amide bonds.